The van der Waals surface area contributed by atoms with E-state index in [2.05, 4.69) is 0 Å². The van der Waals surface area contributed by atoms with Crippen LogP contribution in [-0.2, 0) is 9.59 Å². The predicted octanol–water partition coefficient (Wildman–Crippen LogP) is 1.73. The first-order valence-corrected chi connectivity index (χ1v) is 3.57. The third-order valence-electron chi connectivity index (χ3n) is 2.13. The van der Waals surface area contributed by atoms with E-state index in [0.717, 1.165) is 0 Å². The van der Waals surface area contributed by atoms with E-state index in [1.54, 1.807) is 0 Å². The molecule has 0 saturated heterocycles. The molecule has 0 aromatic heterocycles. The quantitative estimate of drug-likeness (QED) is 0.813. The largest absolute Gasteiger partial charge is 0.481 e. The minimum atomic E-state index is -0.867. The Balaban J connectivity index is 0. The van der Waals surface area contributed by atoms with Gasteiger partial charge in [-0.2, -0.15) is 0 Å². The summed E-state index contributed by atoms with van der Waals surface area (Å²) in [4.78, 5) is 20.8. The van der Waals surface area contributed by atoms with Crippen molar-refractivity contribution in [1.82, 2.24) is 0 Å². The molecule has 0 aromatic rings. The van der Waals surface area contributed by atoms with Gasteiger partial charge in [0, 0.05) is 0 Å². The Kier molecular flexibility index (Phi) is 7.53. The van der Waals surface area contributed by atoms with Crippen molar-refractivity contribution in [2.75, 3.05) is 0 Å². The van der Waals surface area contributed by atoms with Crippen molar-refractivity contribution >= 4 is 45.9 Å². The lowest BCUT2D eigenvalue weighted by Gasteiger charge is -2.01. The van der Waals surface area contributed by atoms with Gasteiger partial charge in [-0.05, 0) is 19.3 Å². The molecule has 0 amide bonds. The molecule has 1 aliphatic carbocycles. The van der Waals surface area contributed by atoms with E-state index >= 15 is 0 Å². The predicted molar refractivity (Wildman–Crippen MR) is 56.7 cm³/mol. The number of carboxylic acids is 2. The summed E-state index contributed by atoms with van der Waals surface area (Å²) in [5, 5.41) is 17.0. The zero-order valence-electron chi connectivity index (χ0n) is 6.80. The fourth-order valence-corrected chi connectivity index (χ4v) is 1.43. The summed E-state index contributed by atoms with van der Waals surface area (Å²) in [6.07, 6.45) is 1.31. The third-order valence-corrected chi connectivity index (χ3v) is 2.13. The maximum atomic E-state index is 10.4. The molecular weight excluding hydrogens is 308 g/mol. The van der Waals surface area contributed by atoms with Crippen molar-refractivity contribution in [3.63, 3.8) is 0 Å². The van der Waals surface area contributed by atoms with Gasteiger partial charge in [0.1, 0.15) is 0 Å². The van der Waals surface area contributed by atoms with Gasteiger partial charge in [0.05, 0.1) is 11.8 Å². The van der Waals surface area contributed by atoms with Crippen LogP contribution in [0.1, 0.15) is 19.3 Å². The molecule has 1 aliphatic rings. The molecular formula is C7H12Br2O4. The summed E-state index contributed by atoms with van der Waals surface area (Å²) in [7, 11) is 0. The van der Waals surface area contributed by atoms with E-state index in [-0.39, 0.29) is 34.0 Å². The van der Waals surface area contributed by atoms with Crippen LogP contribution in [0.4, 0.5) is 0 Å². The molecule has 0 spiro atoms. The van der Waals surface area contributed by atoms with Gasteiger partial charge in [-0.15, -0.1) is 34.0 Å². The second kappa shape index (κ2) is 6.37. The molecule has 78 valence electrons. The monoisotopic (exact) mass is 318 g/mol. The summed E-state index contributed by atoms with van der Waals surface area (Å²) >= 11 is 0. The molecule has 13 heavy (non-hydrogen) atoms. The number of hydrogen-bond acceptors (Lipinski definition) is 2. The van der Waals surface area contributed by atoms with Crippen LogP contribution < -0.4 is 0 Å². The van der Waals surface area contributed by atoms with Crippen LogP contribution in [0.3, 0.4) is 0 Å². The summed E-state index contributed by atoms with van der Waals surface area (Å²) < 4.78 is 0. The zero-order valence-corrected chi connectivity index (χ0v) is 10.2. The molecule has 0 heterocycles. The standard InChI is InChI=1S/C7H10O4.2BrH/c8-6(9)4-1-2-5(3-4)7(10)11;;/h4-5H,1-3H2,(H,8,9)(H,10,11);2*1H. The van der Waals surface area contributed by atoms with E-state index in [0.29, 0.717) is 19.3 Å². The summed E-state index contributed by atoms with van der Waals surface area (Å²) in [6, 6.07) is 0. The minimum absolute atomic E-state index is 0. The van der Waals surface area contributed by atoms with Crippen LogP contribution in [0.25, 0.3) is 0 Å². The average molecular weight is 320 g/mol. The Morgan fingerprint density at radius 3 is 1.38 bits per heavy atom. The number of carboxylic acid groups (broad SMARTS) is 2. The fourth-order valence-electron chi connectivity index (χ4n) is 1.43. The van der Waals surface area contributed by atoms with E-state index < -0.39 is 23.8 Å². The molecule has 0 bridgehead atoms. The Labute approximate surface area is 96.9 Å². The topological polar surface area (TPSA) is 74.6 Å². The first-order valence-electron chi connectivity index (χ1n) is 3.57. The number of halogens is 2. The van der Waals surface area contributed by atoms with Crippen LogP contribution >= 0.6 is 34.0 Å². The van der Waals surface area contributed by atoms with Gasteiger partial charge < -0.3 is 10.2 Å². The fraction of sp³-hybridized carbons (Fsp3) is 0.714. The Hall–Kier alpha value is -0.100. The molecule has 0 aliphatic heterocycles. The summed E-state index contributed by atoms with van der Waals surface area (Å²) in [5.74, 6) is -2.60. The molecule has 1 saturated carbocycles. The van der Waals surface area contributed by atoms with Gasteiger partial charge in [-0.3, -0.25) is 9.59 Å². The highest BCUT2D eigenvalue weighted by Gasteiger charge is 2.33. The van der Waals surface area contributed by atoms with Crippen molar-refractivity contribution in [1.29, 1.82) is 0 Å². The molecule has 4 nitrogen and oxygen atoms in total. The maximum absolute atomic E-state index is 10.4. The van der Waals surface area contributed by atoms with E-state index in [1.807, 2.05) is 0 Å². The maximum Gasteiger partial charge on any atom is 0.306 e. The highest BCUT2D eigenvalue weighted by molar-refractivity contribution is 8.93. The molecule has 0 radical (unpaired) electrons. The highest BCUT2D eigenvalue weighted by atomic mass is 79.9. The molecule has 2 atom stereocenters. The first-order chi connectivity index (χ1) is 5.11. The van der Waals surface area contributed by atoms with E-state index in [9.17, 15) is 9.59 Å². The van der Waals surface area contributed by atoms with Gasteiger partial charge in [0.25, 0.3) is 0 Å². The average Bonchev–Trinajstić information content (AvgIpc) is 2.33. The summed E-state index contributed by atoms with van der Waals surface area (Å²) in [6.45, 7) is 0. The van der Waals surface area contributed by atoms with Crippen molar-refractivity contribution in [3.8, 4) is 0 Å². The normalized spacial score (nSPS) is 25.5. The van der Waals surface area contributed by atoms with Gasteiger partial charge >= 0.3 is 11.9 Å². The molecule has 6 heteroatoms. The molecule has 2 N–H and O–H groups in total. The second-order valence-electron chi connectivity index (χ2n) is 2.88. The van der Waals surface area contributed by atoms with Crippen LogP contribution in [-0.4, -0.2) is 22.2 Å². The Morgan fingerprint density at radius 2 is 1.23 bits per heavy atom. The van der Waals surface area contributed by atoms with Crippen molar-refractivity contribution in [2.45, 2.75) is 19.3 Å². The van der Waals surface area contributed by atoms with Crippen LogP contribution in [0.5, 0.6) is 0 Å². The van der Waals surface area contributed by atoms with E-state index in [1.165, 1.54) is 0 Å². The lowest BCUT2D eigenvalue weighted by molar-refractivity contribution is -0.143. The molecule has 1 fully saturated rings. The van der Waals surface area contributed by atoms with Gasteiger partial charge in [-0.25, -0.2) is 0 Å². The van der Waals surface area contributed by atoms with Crippen molar-refractivity contribution in [2.24, 2.45) is 11.8 Å². The second-order valence-corrected chi connectivity index (χ2v) is 2.88. The van der Waals surface area contributed by atoms with Crippen LogP contribution in [0.2, 0.25) is 0 Å². The summed E-state index contributed by atoms with van der Waals surface area (Å²) in [5.41, 5.74) is 0. The number of aliphatic carboxylic acids is 2. The van der Waals surface area contributed by atoms with Gasteiger partial charge in [0.15, 0.2) is 0 Å². The SMILES string of the molecule is Br.Br.O=C(O)C1CCC(C(=O)O)C1. The van der Waals surface area contributed by atoms with Crippen molar-refractivity contribution < 1.29 is 19.8 Å². The van der Waals surface area contributed by atoms with Crippen LogP contribution in [0, 0.1) is 11.8 Å². The number of hydrogen-bond donors (Lipinski definition) is 2. The first kappa shape index (κ1) is 15.4. The van der Waals surface area contributed by atoms with E-state index in [4.69, 9.17) is 10.2 Å². The van der Waals surface area contributed by atoms with Gasteiger partial charge in [0.2, 0.25) is 0 Å². The minimum Gasteiger partial charge on any atom is -0.481 e. The molecule has 0 aromatic carbocycles. The number of carbonyl (C=O) groups is 2. The Bertz CT molecular complexity index is 175. The van der Waals surface area contributed by atoms with Crippen LogP contribution in [0.15, 0.2) is 0 Å². The van der Waals surface area contributed by atoms with Gasteiger partial charge in [-0.1, -0.05) is 0 Å². The third kappa shape index (κ3) is 4.08. The highest BCUT2D eigenvalue weighted by Crippen LogP contribution is 2.30. The smallest absolute Gasteiger partial charge is 0.306 e. The Morgan fingerprint density at radius 1 is 0.923 bits per heavy atom. The molecule has 2 unspecified atom stereocenters. The molecule has 1 rings (SSSR count). The zero-order chi connectivity index (χ0) is 8.43. The lowest BCUT2D eigenvalue weighted by atomic mass is 10.1. The van der Waals surface area contributed by atoms with Crippen molar-refractivity contribution in [3.05, 3.63) is 0 Å². The number of rotatable bonds is 2. The lowest BCUT2D eigenvalue weighted by Crippen LogP contribution is -2.13.